The van der Waals surface area contributed by atoms with Crippen molar-refractivity contribution in [3.05, 3.63) is 59.2 Å². The van der Waals surface area contributed by atoms with E-state index in [1.165, 1.54) is 24.3 Å². The molecule has 0 bridgehead atoms. The largest absolute Gasteiger partial charge is 0.391 e. The molecule has 4 amide bonds. The van der Waals surface area contributed by atoms with Gasteiger partial charge < -0.3 is 50.9 Å². The van der Waals surface area contributed by atoms with Crippen molar-refractivity contribution in [2.75, 3.05) is 54.0 Å². The highest BCUT2D eigenvalue weighted by Gasteiger charge is 2.41. The van der Waals surface area contributed by atoms with Gasteiger partial charge in [0.05, 0.1) is 37.2 Å². The number of carbonyl (C=O) groups excluding carboxylic acids is 4. The normalized spacial score (nSPS) is 20.6. The van der Waals surface area contributed by atoms with Crippen molar-refractivity contribution in [2.24, 2.45) is 5.92 Å². The Kier molecular flexibility index (Phi) is 13.8. The number of hydrogen-bond donors (Lipinski definition) is 7. The van der Waals surface area contributed by atoms with E-state index in [9.17, 15) is 33.1 Å². The second kappa shape index (κ2) is 18.8. The minimum Gasteiger partial charge on any atom is -0.391 e. The monoisotopic (exact) mass is 806 g/mol. The van der Waals surface area contributed by atoms with E-state index >= 15 is 0 Å². The van der Waals surface area contributed by atoms with E-state index in [1.807, 2.05) is 18.7 Å². The molecule has 2 fully saturated rings. The quantitative estimate of drug-likeness (QED) is 0.0850. The Balaban J connectivity index is 1.42. The van der Waals surface area contributed by atoms with E-state index in [4.69, 9.17) is 4.74 Å². The molecule has 58 heavy (non-hydrogen) atoms. The average Bonchev–Trinajstić information content (AvgIpc) is 3.95. The van der Waals surface area contributed by atoms with Gasteiger partial charge in [-0.2, -0.15) is 0 Å². The van der Waals surface area contributed by atoms with Crippen LogP contribution in [0.1, 0.15) is 50.7 Å². The Bertz CT molecular complexity index is 2120. The minimum absolute atomic E-state index is 0.0365. The molecular formula is C42H56F2N8O6. The number of aromatic nitrogens is 2. The Morgan fingerprint density at radius 1 is 0.776 bits per heavy atom. The van der Waals surface area contributed by atoms with Crippen molar-refractivity contribution >= 4 is 45.4 Å². The third-order valence-corrected chi connectivity index (χ3v) is 11.5. The van der Waals surface area contributed by atoms with Crippen LogP contribution in [0, 0.1) is 17.6 Å². The van der Waals surface area contributed by atoms with Crippen LogP contribution in [0.25, 0.3) is 33.2 Å². The molecule has 2 aromatic carbocycles. The molecule has 0 aliphatic carbocycles. The van der Waals surface area contributed by atoms with E-state index in [-0.39, 0.29) is 68.1 Å². The van der Waals surface area contributed by atoms with Gasteiger partial charge in [-0.05, 0) is 100 Å². The number of amides is 4. The number of nitrogens with zero attached hydrogens (tertiary/aromatic N) is 2. The van der Waals surface area contributed by atoms with Gasteiger partial charge in [0.2, 0.25) is 23.6 Å². The number of likely N-dealkylation sites (tertiary alicyclic amines) is 2. The number of aliphatic hydroxyl groups is 1. The molecule has 2 saturated heterocycles. The number of H-pyrrole nitrogens is 2. The lowest BCUT2D eigenvalue weighted by atomic mass is 9.94. The number of fused-ring (bicyclic) bond motifs is 2. The van der Waals surface area contributed by atoms with E-state index in [2.05, 4.69) is 31.2 Å². The first-order valence-corrected chi connectivity index (χ1v) is 20.2. The third kappa shape index (κ3) is 9.20. The van der Waals surface area contributed by atoms with Crippen LogP contribution >= 0.6 is 0 Å². The number of aliphatic hydroxyl groups excluding tert-OH is 1. The van der Waals surface area contributed by atoms with Crippen LogP contribution < -0.4 is 21.3 Å². The number of ether oxygens (including phenoxy) is 1. The molecular weight excluding hydrogens is 751 g/mol. The number of benzene rings is 2. The van der Waals surface area contributed by atoms with Crippen molar-refractivity contribution < 1.29 is 37.8 Å². The molecule has 2 aliphatic rings. The van der Waals surface area contributed by atoms with E-state index in [0.717, 1.165) is 21.9 Å². The highest BCUT2D eigenvalue weighted by molar-refractivity contribution is 5.97. The van der Waals surface area contributed by atoms with Crippen LogP contribution in [-0.4, -0.2) is 133 Å². The molecule has 6 unspecified atom stereocenters. The molecule has 6 rings (SSSR count). The van der Waals surface area contributed by atoms with Gasteiger partial charge in [0.1, 0.15) is 23.7 Å². The smallest absolute Gasteiger partial charge is 0.245 e. The second-order valence-electron chi connectivity index (χ2n) is 15.6. The summed E-state index contributed by atoms with van der Waals surface area (Å²) >= 11 is 0. The topological polar surface area (TPSA) is 184 Å². The summed E-state index contributed by atoms with van der Waals surface area (Å²) in [5, 5.41) is 23.7. The summed E-state index contributed by atoms with van der Waals surface area (Å²) < 4.78 is 35.2. The molecule has 0 spiro atoms. The van der Waals surface area contributed by atoms with Gasteiger partial charge in [-0.25, -0.2) is 8.78 Å². The molecule has 2 aromatic heterocycles. The molecule has 16 heteroatoms. The van der Waals surface area contributed by atoms with Crippen LogP contribution in [0.4, 0.5) is 8.78 Å². The number of likely N-dealkylation sites (N-methyl/N-ethyl adjacent to an activating group) is 2. The third-order valence-electron chi connectivity index (χ3n) is 11.5. The Labute approximate surface area is 336 Å². The van der Waals surface area contributed by atoms with Gasteiger partial charge in [0.25, 0.3) is 0 Å². The Morgan fingerprint density at radius 3 is 1.69 bits per heavy atom. The van der Waals surface area contributed by atoms with E-state index in [0.29, 0.717) is 61.3 Å². The molecule has 0 saturated carbocycles. The SMILES string of the molecule is CCC(NC(=O)CNC)C(=O)N1CC(O)CC1Cc1c(-c2[nH]c3cc(F)ccc3c2CC2CC(COC)CN2C(=O)C(CC)NC(=O)CNC)[nH]c2cc(F)ccc12. The summed E-state index contributed by atoms with van der Waals surface area (Å²) in [6.45, 7) is 4.75. The van der Waals surface area contributed by atoms with Crippen molar-refractivity contribution in [2.45, 2.75) is 82.6 Å². The summed E-state index contributed by atoms with van der Waals surface area (Å²) in [4.78, 5) is 63.6. The van der Waals surface area contributed by atoms with Crippen LogP contribution in [0.5, 0.6) is 0 Å². The first kappa shape index (κ1) is 42.7. The molecule has 314 valence electrons. The number of methoxy groups -OCH3 is 1. The summed E-state index contributed by atoms with van der Waals surface area (Å²) in [6.07, 6.45) is 1.52. The number of hydrogen-bond acceptors (Lipinski definition) is 8. The maximum Gasteiger partial charge on any atom is 0.245 e. The Morgan fingerprint density at radius 2 is 1.24 bits per heavy atom. The fraction of sp³-hybridized carbons (Fsp3) is 0.524. The lowest BCUT2D eigenvalue weighted by Gasteiger charge is -2.29. The van der Waals surface area contributed by atoms with Gasteiger partial charge >= 0.3 is 0 Å². The molecule has 4 heterocycles. The maximum atomic E-state index is 14.8. The minimum atomic E-state index is -0.793. The first-order chi connectivity index (χ1) is 27.9. The highest BCUT2D eigenvalue weighted by atomic mass is 19.1. The van der Waals surface area contributed by atoms with Crippen LogP contribution in [0.2, 0.25) is 0 Å². The summed E-state index contributed by atoms with van der Waals surface area (Å²) in [6, 6.07) is 6.70. The predicted molar refractivity (Wildman–Crippen MR) is 217 cm³/mol. The molecule has 0 radical (unpaired) electrons. The highest BCUT2D eigenvalue weighted by Crippen LogP contribution is 2.40. The summed E-state index contributed by atoms with van der Waals surface area (Å²) in [7, 11) is 4.93. The number of β-amino-alcohol motifs (C(OH)–C–C–N with tert-alkyl or cyclic N) is 1. The van der Waals surface area contributed by atoms with Crippen LogP contribution in [-0.2, 0) is 36.8 Å². The second-order valence-corrected chi connectivity index (χ2v) is 15.6. The molecule has 2 aliphatic heterocycles. The van der Waals surface area contributed by atoms with Crippen molar-refractivity contribution in [1.82, 2.24) is 41.0 Å². The van der Waals surface area contributed by atoms with Crippen LogP contribution in [0.15, 0.2) is 36.4 Å². The van der Waals surface area contributed by atoms with Gasteiger partial charge in [-0.1, -0.05) is 13.8 Å². The zero-order chi connectivity index (χ0) is 41.7. The number of nitrogens with one attached hydrogen (secondary N) is 6. The molecule has 14 nitrogen and oxygen atoms in total. The van der Waals surface area contributed by atoms with Gasteiger partial charge in [0, 0.05) is 60.0 Å². The number of rotatable bonds is 17. The molecule has 6 atom stereocenters. The molecule has 4 aromatic rings. The predicted octanol–water partition coefficient (Wildman–Crippen LogP) is 2.73. The maximum absolute atomic E-state index is 14.8. The Hall–Kier alpha value is -4.90. The zero-order valence-corrected chi connectivity index (χ0v) is 33.8. The fourth-order valence-electron chi connectivity index (χ4n) is 8.86. The van der Waals surface area contributed by atoms with Crippen molar-refractivity contribution in [3.63, 3.8) is 0 Å². The lowest BCUT2D eigenvalue weighted by molar-refractivity contribution is -0.137. The molecule has 7 N–H and O–H groups in total. The van der Waals surface area contributed by atoms with Crippen LogP contribution in [0.3, 0.4) is 0 Å². The van der Waals surface area contributed by atoms with Gasteiger partial charge in [-0.3, -0.25) is 19.2 Å². The number of carbonyl (C=O) groups is 4. The van der Waals surface area contributed by atoms with E-state index in [1.54, 1.807) is 38.2 Å². The zero-order valence-electron chi connectivity index (χ0n) is 33.8. The summed E-state index contributed by atoms with van der Waals surface area (Å²) in [5.41, 5.74) is 3.88. The number of aromatic amines is 2. The first-order valence-electron chi connectivity index (χ1n) is 20.2. The average molecular weight is 807 g/mol. The number of halogens is 2. The summed E-state index contributed by atoms with van der Waals surface area (Å²) in [5.74, 6) is -1.94. The van der Waals surface area contributed by atoms with Crippen molar-refractivity contribution in [1.29, 1.82) is 0 Å². The lowest BCUT2D eigenvalue weighted by Crippen LogP contribution is -2.51. The van der Waals surface area contributed by atoms with Gasteiger partial charge in [-0.15, -0.1) is 0 Å². The van der Waals surface area contributed by atoms with Gasteiger partial charge in [0.15, 0.2) is 0 Å². The fourth-order valence-corrected chi connectivity index (χ4v) is 8.86. The van der Waals surface area contributed by atoms with Crippen molar-refractivity contribution in [3.8, 4) is 11.4 Å². The van der Waals surface area contributed by atoms with E-state index < -0.39 is 35.9 Å². The standard InChI is InChI=1S/C42H56F2N8O6/c1-6-33(47-37(54)18-45-3)41(56)51-20-23(22-58-5)12-26(51)16-31-29-10-8-24(43)13-35(29)49-39(31)40-32(30-11-9-25(44)14-36(30)50-40)17-27-15-28(53)21-52(27)42(57)34(7-2)48-38(55)19-46-4/h8-11,13-14,23,26-28,33-34,45-46,49-50,53H,6-7,12,15-22H2,1-5H3,(H,47,54)(H,48,55).